The molecular formula is C19H26N2O3. The van der Waals surface area contributed by atoms with Crippen molar-refractivity contribution in [3.63, 3.8) is 0 Å². The Balaban J connectivity index is 1.56. The summed E-state index contributed by atoms with van der Waals surface area (Å²) >= 11 is 0. The van der Waals surface area contributed by atoms with Crippen LogP contribution in [-0.2, 0) is 10.3 Å². The summed E-state index contributed by atoms with van der Waals surface area (Å²) in [6.07, 6.45) is 3.66. The third-order valence-corrected chi connectivity index (χ3v) is 7.04. The van der Waals surface area contributed by atoms with Crippen LogP contribution >= 0.6 is 0 Å². The van der Waals surface area contributed by atoms with Crippen LogP contribution in [0.2, 0.25) is 0 Å². The fraction of sp³-hybridized carbons (Fsp3) is 0.684. The van der Waals surface area contributed by atoms with Gasteiger partial charge in [0.25, 0.3) is 0 Å². The molecule has 2 bridgehead atoms. The lowest BCUT2D eigenvalue weighted by Crippen LogP contribution is -2.53. The maximum absolute atomic E-state index is 11.5. The van der Waals surface area contributed by atoms with Crippen LogP contribution in [0, 0.1) is 5.41 Å². The number of fused-ring (bicyclic) bond motifs is 7. The van der Waals surface area contributed by atoms with Gasteiger partial charge in [-0.25, -0.2) is 0 Å². The van der Waals surface area contributed by atoms with E-state index in [1.165, 1.54) is 0 Å². The lowest BCUT2D eigenvalue weighted by atomic mass is 9.72. The Morgan fingerprint density at radius 2 is 2.08 bits per heavy atom. The van der Waals surface area contributed by atoms with Crippen molar-refractivity contribution in [2.45, 2.75) is 56.1 Å². The number of benzene rings is 1. The lowest BCUT2D eigenvalue weighted by molar-refractivity contribution is -0.143. The first-order valence-corrected chi connectivity index (χ1v) is 9.20. The molecule has 1 aromatic rings. The van der Waals surface area contributed by atoms with Gasteiger partial charge in [0.05, 0.1) is 12.2 Å². The summed E-state index contributed by atoms with van der Waals surface area (Å²) in [7, 11) is 0. The van der Waals surface area contributed by atoms with Gasteiger partial charge in [-0.05, 0) is 31.7 Å². The van der Waals surface area contributed by atoms with Crippen LogP contribution in [0.3, 0.4) is 0 Å². The average Bonchev–Trinajstić information content (AvgIpc) is 3.33. The van der Waals surface area contributed by atoms with Crippen molar-refractivity contribution in [1.82, 2.24) is 4.90 Å². The van der Waals surface area contributed by atoms with Crippen molar-refractivity contribution in [3.8, 4) is 0 Å². The molecule has 6 atom stereocenters. The molecule has 1 aromatic carbocycles. The molecule has 6 unspecified atom stereocenters. The molecule has 3 saturated heterocycles. The van der Waals surface area contributed by atoms with Crippen molar-refractivity contribution in [1.29, 1.82) is 0 Å². The summed E-state index contributed by atoms with van der Waals surface area (Å²) in [4.78, 5) is 2.43. The fourth-order valence-corrected chi connectivity index (χ4v) is 5.42. The fourth-order valence-electron chi connectivity index (χ4n) is 5.42. The minimum Gasteiger partial charge on any atom is -0.380 e. The van der Waals surface area contributed by atoms with Gasteiger partial charge in [0.15, 0.2) is 5.72 Å². The molecular weight excluding hydrogens is 304 g/mol. The maximum atomic E-state index is 11.5. The molecule has 3 fully saturated rings. The zero-order valence-corrected chi connectivity index (χ0v) is 14.2. The molecule has 0 amide bonds. The topological polar surface area (TPSA) is 68.3 Å². The summed E-state index contributed by atoms with van der Waals surface area (Å²) < 4.78 is 5.96. The highest BCUT2D eigenvalue weighted by Gasteiger charge is 2.62. The number of ether oxygens (including phenoxy) is 1. The normalized spacial score (nSPS) is 48.9. The second kappa shape index (κ2) is 4.73. The molecule has 24 heavy (non-hydrogen) atoms. The molecule has 130 valence electrons. The second-order valence-corrected chi connectivity index (χ2v) is 8.19. The van der Waals surface area contributed by atoms with Gasteiger partial charge in [-0.2, -0.15) is 0 Å². The zero-order valence-electron chi connectivity index (χ0n) is 14.2. The molecule has 5 rings (SSSR count). The van der Waals surface area contributed by atoms with E-state index in [1.807, 2.05) is 24.3 Å². The Hall–Kier alpha value is -1.14. The first kappa shape index (κ1) is 15.1. The molecule has 3 N–H and O–H groups in total. The predicted octanol–water partition coefficient (Wildman–Crippen LogP) is 1.65. The SMILES string of the molecule is CCC12CCC3(O)Nc4ccccc4C3(O)CCN(CC3OC31)C2. The van der Waals surface area contributed by atoms with Crippen molar-refractivity contribution in [2.75, 3.05) is 25.0 Å². The van der Waals surface area contributed by atoms with Gasteiger partial charge in [-0.1, -0.05) is 25.1 Å². The number of aliphatic hydroxyl groups is 2. The quantitative estimate of drug-likeness (QED) is 0.683. The van der Waals surface area contributed by atoms with Crippen LogP contribution in [0.5, 0.6) is 0 Å². The number of epoxide rings is 1. The molecule has 5 nitrogen and oxygen atoms in total. The van der Waals surface area contributed by atoms with E-state index >= 15 is 0 Å². The van der Waals surface area contributed by atoms with Crippen LogP contribution in [0.4, 0.5) is 5.69 Å². The molecule has 4 aliphatic rings. The number of anilines is 1. The number of para-hydroxylation sites is 1. The largest absolute Gasteiger partial charge is 0.380 e. The Labute approximate surface area is 142 Å². The van der Waals surface area contributed by atoms with E-state index in [1.54, 1.807) is 0 Å². The summed E-state index contributed by atoms with van der Waals surface area (Å²) in [6, 6.07) is 7.76. The Kier molecular flexibility index (Phi) is 2.98. The van der Waals surface area contributed by atoms with Crippen LogP contribution in [0.15, 0.2) is 24.3 Å². The number of rotatable bonds is 1. The van der Waals surface area contributed by atoms with Gasteiger partial charge in [0.2, 0.25) is 0 Å². The minimum absolute atomic E-state index is 0.0976. The highest BCUT2D eigenvalue weighted by molar-refractivity contribution is 5.62. The van der Waals surface area contributed by atoms with Gasteiger partial charge in [-0.3, -0.25) is 4.90 Å². The van der Waals surface area contributed by atoms with Crippen LogP contribution < -0.4 is 5.32 Å². The number of piperidine rings is 1. The summed E-state index contributed by atoms with van der Waals surface area (Å²) in [5, 5.41) is 26.2. The van der Waals surface area contributed by atoms with Gasteiger partial charge in [0, 0.05) is 36.3 Å². The van der Waals surface area contributed by atoms with Gasteiger partial charge in [0.1, 0.15) is 5.60 Å². The molecule has 0 aliphatic carbocycles. The highest BCUT2D eigenvalue weighted by Crippen LogP contribution is 2.55. The first-order valence-electron chi connectivity index (χ1n) is 9.20. The third kappa shape index (κ3) is 1.84. The molecule has 0 saturated carbocycles. The van der Waals surface area contributed by atoms with E-state index in [0.29, 0.717) is 25.0 Å². The predicted molar refractivity (Wildman–Crippen MR) is 90.6 cm³/mol. The van der Waals surface area contributed by atoms with Crippen molar-refractivity contribution in [3.05, 3.63) is 29.8 Å². The van der Waals surface area contributed by atoms with E-state index in [9.17, 15) is 10.2 Å². The standard InChI is InChI=1S/C19H26N2O3/c1-2-17-7-8-19(23)18(22,13-5-3-4-6-14(13)20-19)9-10-21(12-17)11-15-16(17)24-15/h3-6,15-16,20,22-23H,2,7-12H2,1H3. The Morgan fingerprint density at radius 3 is 2.92 bits per heavy atom. The minimum atomic E-state index is -1.30. The summed E-state index contributed by atoms with van der Waals surface area (Å²) in [5.74, 6) is 0. The van der Waals surface area contributed by atoms with Crippen molar-refractivity contribution >= 4 is 5.69 Å². The smallest absolute Gasteiger partial charge is 0.169 e. The van der Waals surface area contributed by atoms with E-state index in [-0.39, 0.29) is 5.41 Å². The second-order valence-electron chi connectivity index (χ2n) is 8.19. The monoisotopic (exact) mass is 330 g/mol. The molecule has 5 heteroatoms. The molecule has 0 aromatic heterocycles. The number of nitrogens with zero attached hydrogens (tertiary/aromatic N) is 1. The number of hydrogen-bond acceptors (Lipinski definition) is 5. The Morgan fingerprint density at radius 1 is 1.25 bits per heavy atom. The van der Waals surface area contributed by atoms with E-state index in [4.69, 9.17) is 4.74 Å². The number of hydrogen-bond donors (Lipinski definition) is 3. The van der Waals surface area contributed by atoms with E-state index in [2.05, 4.69) is 17.1 Å². The van der Waals surface area contributed by atoms with Gasteiger partial charge >= 0.3 is 0 Å². The lowest BCUT2D eigenvalue weighted by Gasteiger charge is -2.40. The Bertz CT molecular complexity index is 682. The first-order chi connectivity index (χ1) is 11.5. The zero-order chi connectivity index (χ0) is 16.6. The van der Waals surface area contributed by atoms with Crippen LogP contribution in [0.25, 0.3) is 0 Å². The van der Waals surface area contributed by atoms with Crippen molar-refractivity contribution < 1.29 is 14.9 Å². The third-order valence-electron chi connectivity index (χ3n) is 7.04. The molecule has 4 heterocycles. The number of nitrogens with one attached hydrogen (secondary N) is 1. The average molecular weight is 330 g/mol. The summed E-state index contributed by atoms with van der Waals surface area (Å²) in [5.41, 5.74) is -0.755. The van der Waals surface area contributed by atoms with Gasteiger partial charge in [-0.15, -0.1) is 0 Å². The van der Waals surface area contributed by atoms with E-state index in [0.717, 1.165) is 43.7 Å². The maximum Gasteiger partial charge on any atom is 0.169 e. The molecule has 0 spiro atoms. The van der Waals surface area contributed by atoms with Crippen LogP contribution in [-0.4, -0.2) is 52.7 Å². The van der Waals surface area contributed by atoms with Crippen molar-refractivity contribution in [2.24, 2.45) is 5.41 Å². The van der Waals surface area contributed by atoms with Crippen LogP contribution in [0.1, 0.15) is 38.2 Å². The molecule has 0 radical (unpaired) electrons. The summed E-state index contributed by atoms with van der Waals surface area (Å²) in [6.45, 7) is 4.98. The van der Waals surface area contributed by atoms with E-state index < -0.39 is 11.3 Å². The highest BCUT2D eigenvalue weighted by atomic mass is 16.6. The van der Waals surface area contributed by atoms with Gasteiger partial charge < -0.3 is 20.3 Å². The molecule has 4 aliphatic heterocycles.